The first-order valence-electron chi connectivity index (χ1n) is 11.1. The Morgan fingerprint density at radius 2 is 2.00 bits per heavy atom. The van der Waals surface area contributed by atoms with Crippen LogP contribution < -0.4 is 15.4 Å². The van der Waals surface area contributed by atoms with E-state index in [1.165, 1.54) is 0 Å². The van der Waals surface area contributed by atoms with Gasteiger partial charge in [-0.25, -0.2) is 4.98 Å². The summed E-state index contributed by atoms with van der Waals surface area (Å²) in [4.78, 5) is 20.2. The lowest BCUT2D eigenvalue weighted by atomic mass is 10.0. The highest BCUT2D eigenvalue weighted by Crippen LogP contribution is 2.26. The van der Waals surface area contributed by atoms with Crippen molar-refractivity contribution in [2.24, 2.45) is 0 Å². The van der Waals surface area contributed by atoms with Crippen LogP contribution in [0, 0.1) is 0 Å². The molecule has 0 saturated carbocycles. The van der Waals surface area contributed by atoms with E-state index < -0.39 is 0 Å². The second kappa shape index (κ2) is 10.4. The summed E-state index contributed by atoms with van der Waals surface area (Å²) in [5.74, 6) is 0.781. The van der Waals surface area contributed by atoms with Crippen LogP contribution in [-0.2, 0) is 0 Å². The van der Waals surface area contributed by atoms with Crippen LogP contribution in [0.3, 0.4) is 0 Å². The third-order valence-electron chi connectivity index (χ3n) is 5.55. The highest BCUT2D eigenvalue weighted by atomic mass is 16.5. The molecule has 0 unspecified atom stereocenters. The average Bonchev–Trinajstić information content (AvgIpc) is 3.32. The molecule has 6 nitrogen and oxygen atoms in total. The Morgan fingerprint density at radius 3 is 2.77 bits per heavy atom. The number of para-hydroxylation sites is 1. The van der Waals surface area contributed by atoms with Crippen molar-refractivity contribution in [2.45, 2.75) is 19.8 Å². The Hall–Kier alpha value is -2.96. The Bertz CT molecular complexity index is 1010. The van der Waals surface area contributed by atoms with E-state index >= 15 is 0 Å². The summed E-state index contributed by atoms with van der Waals surface area (Å²) in [6.07, 6.45) is 2.05. The van der Waals surface area contributed by atoms with Crippen LogP contribution in [0.5, 0.6) is 5.75 Å². The molecule has 2 N–H and O–H groups in total. The molecule has 0 aliphatic carbocycles. The molecule has 3 aromatic rings. The summed E-state index contributed by atoms with van der Waals surface area (Å²) in [6, 6.07) is 17.5. The predicted octanol–water partition coefficient (Wildman–Crippen LogP) is 3.67. The number of aromatic nitrogens is 1. The van der Waals surface area contributed by atoms with Crippen LogP contribution in [0.25, 0.3) is 22.2 Å². The highest BCUT2D eigenvalue weighted by molar-refractivity contribution is 6.07. The fourth-order valence-corrected chi connectivity index (χ4v) is 3.90. The van der Waals surface area contributed by atoms with E-state index in [4.69, 9.17) is 9.72 Å². The first kappa shape index (κ1) is 21.3. The largest absolute Gasteiger partial charge is 0.494 e. The Morgan fingerprint density at radius 1 is 1.16 bits per heavy atom. The second-order valence-electron chi connectivity index (χ2n) is 7.77. The third kappa shape index (κ3) is 5.40. The molecule has 1 aromatic heterocycles. The minimum absolute atomic E-state index is 0.0476. The van der Waals surface area contributed by atoms with Crippen LogP contribution in [0.2, 0.25) is 0 Å². The number of pyridine rings is 1. The van der Waals surface area contributed by atoms with Crippen molar-refractivity contribution in [1.82, 2.24) is 20.5 Å². The summed E-state index contributed by atoms with van der Waals surface area (Å²) in [5, 5.41) is 7.31. The van der Waals surface area contributed by atoms with Crippen molar-refractivity contribution in [1.29, 1.82) is 0 Å². The zero-order chi connectivity index (χ0) is 21.5. The van der Waals surface area contributed by atoms with E-state index in [0.29, 0.717) is 18.7 Å². The van der Waals surface area contributed by atoms with Gasteiger partial charge in [-0.15, -0.1) is 0 Å². The molecule has 0 bridgehead atoms. The quantitative estimate of drug-likeness (QED) is 0.519. The molecule has 6 heteroatoms. The van der Waals surface area contributed by atoms with Gasteiger partial charge in [0.05, 0.1) is 23.4 Å². The molecule has 1 aliphatic rings. The molecule has 31 heavy (non-hydrogen) atoms. The minimum atomic E-state index is -0.0476. The van der Waals surface area contributed by atoms with E-state index in [0.717, 1.165) is 67.1 Å². The topological polar surface area (TPSA) is 66.5 Å². The molecule has 162 valence electrons. The molecule has 0 atom stereocenters. The lowest BCUT2D eigenvalue weighted by Gasteiger charge is -2.14. The molecule has 2 heterocycles. The van der Waals surface area contributed by atoms with Gasteiger partial charge in [-0.2, -0.15) is 0 Å². The lowest BCUT2D eigenvalue weighted by molar-refractivity contribution is 0.0954. The number of benzene rings is 2. The molecule has 0 spiro atoms. The van der Waals surface area contributed by atoms with Crippen LogP contribution in [0.1, 0.15) is 30.1 Å². The molecular formula is C25H30N4O2. The smallest absolute Gasteiger partial charge is 0.252 e. The number of nitrogens with zero attached hydrogens (tertiary/aromatic N) is 2. The fourth-order valence-electron chi connectivity index (χ4n) is 3.90. The lowest BCUT2D eigenvalue weighted by Crippen LogP contribution is -2.27. The van der Waals surface area contributed by atoms with Crippen molar-refractivity contribution in [3.63, 3.8) is 0 Å². The number of ether oxygens (including phenoxy) is 1. The van der Waals surface area contributed by atoms with Gasteiger partial charge in [-0.05, 0) is 62.7 Å². The van der Waals surface area contributed by atoms with E-state index in [2.05, 4.69) is 15.5 Å². The van der Waals surface area contributed by atoms with Gasteiger partial charge < -0.3 is 15.4 Å². The number of rotatable bonds is 9. The molecule has 1 fully saturated rings. The molecule has 2 aromatic carbocycles. The normalized spacial score (nSPS) is 14.1. The Balaban J connectivity index is 1.47. The predicted molar refractivity (Wildman–Crippen MR) is 124 cm³/mol. The molecule has 1 amide bonds. The van der Waals surface area contributed by atoms with Crippen molar-refractivity contribution in [3.05, 3.63) is 60.2 Å². The van der Waals surface area contributed by atoms with Gasteiger partial charge in [0.15, 0.2) is 0 Å². The molecular weight excluding hydrogens is 388 g/mol. The van der Waals surface area contributed by atoms with Gasteiger partial charge in [0.2, 0.25) is 0 Å². The van der Waals surface area contributed by atoms with E-state index in [9.17, 15) is 4.79 Å². The van der Waals surface area contributed by atoms with Crippen molar-refractivity contribution in [2.75, 3.05) is 39.5 Å². The number of hydrogen-bond donors (Lipinski definition) is 2. The second-order valence-corrected chi connectivity index (χ2v) is 7.77. The van der Waals surface area contributed by atoms with E-state index in [1.807, 2.05) is 61.5 Å². The molecule has 1 aliphatic heterocycles. The minimum Gasteiger partial charge on any atom is -0.494 e. The number of amides is 1. The Kier molecular flexibility index (Phi) is 7.12. The van der Waals surface area contributed by atoms with Gasteiger partial charge >= 0.3 is 0 Å². The summed E-state index contributed by atoms with van der Waals surface area (Å²) in [6.45, 7) is 7.51. The van der Waals surface area contributed by atoms with Crippen LogP contribution >= 0.6 is 0 Å². The van der Waals surface area contributed by atoms with E-state index in [-0.39, 0.29) is 5.91 Å². The van der Waals surface area contributed by atoms with Gasteiger partial charge in [0.25, 0.3) is 5.91 Å². The summed E-state index contributed by atoms with van der Waals surface area (Å²) in [5.41, 5.74) is 3.23. The first-order chi connectivity index (χ1) is 15.2. The molecule has 4 rings (SSSR count). The molecule has 0 radical (unpaired) electrons. The standard InChI is InChI=1S/C25H30N4O2/c1-2-31-20-11-9-19(10-12-20)24-17-22(21-7-3-4-8-23(21)28-24)25(30)27-13-5-6-15-29-16-14-26-18-29/h3-4,7-12,17,26H,2,5-6,13-16,18H2,1H3,(H,27,30). The number of hydrogen-bond acceptors (Lipinski definition) is 5. The SMILES string of the molecule is CCOc1ccc(-c2cc(C(=O)NCCCCN3CCNC3)c3ccccc3n2)cc1. The monoisotopic (exact) mass is 418 g/mol. The number of carbonyl (C=O) groups excluding carboxylic acids is 1. The maximum Gasteiger partial charge on any atom is 0.252 e. The summed E-state index contributed by atoms with van der Waals surface area (Å²) >= 11 is 0. The number of fused-ring (bicyclic) bond motifs is 1. The molecule has 1 saturated heterocycles. The van der Waals surface area contributed by atoms with Crippen molar-refractivity contribution in [3.8, 4) is 17.0 Å². The van der Waals surface area contributed by atoms with Gasteiger partial charge in [0, 0.05) is 37.3 Å². The van der Waals surface area contributed by atoms with Crippen LogP contribution in [-0.4, -0.2) is 55.2 Å². The van der Waals surface area contributed by atoms with Gasteiger partial charge in [0.1, 0.15) is 5.75 Å². The Labute approximate surface area is 183 Å². The maximum absolute atomic E-state index is 13.0. The number of nitrogens with one attached hydrogen (secondary N) is 2. The average molecular weight is 419 g/mol. The summed E-state index contributed by atoms with van der Waals surface area (Å²) in [7, 11) is 0. The maximum atomic E-state index is 13.0. The fraction of sp³-hybridized carbons (Fsp3) is 0.360. The van der Waals surface area contributed by atoms with E-state index in [1.54, 1.807) is 0 Å². The third-order valence-corrected chi connectivity index (χ3v) is 5.55. The van der Waals surface area contributed by atoms with Gasteiger partial charge in [-0.3, -0.25) is 9.69 Å². The zero-order valence-electron chi connectivity index (χ0n) is 18.1. The van der Waals surface area contributed by atoms with Crippen molar-refractivity contribution < 1.29 is 9.53 Å². The number of carbonyl (C=O) groups is 1. The zero-order valence-corrected chi connectivity index (χ0v) is 18.1. The van der Waals surface area contributed by atoms with Crippen molar-refractivity contribution >= 4 is 16.8 Å². The number of unbranched alkanes of at least 4 members (excludes halogenated alkanes) is 1. The summed E-state index contributed by atoms with van der Waals surface area (Å²) < 4.78 is 5.53. The van der Waals surface area contributed by atoms with Crippen LogP contribution in [0.4, 0.5) is 0 Å². The highest BCUT2D eigenvalue weighted by Gasteiger charge is 2.14. The van der Waals surface area contributed by atoms with Gasteiger partial charge in [-0.1, -0.05) is 18.2 Å². The first-order valence-corrected chi connectivity index (χ1v) is 11.1. The van der Waals surface area contributed by atoms with Crippen LogP contribution in [0.15, 0.2) is 54.6 Å².